The molecule has 1 aliphatic rings. The number of nitrogens with zero attached hydrogens (tertiary/aromatic N) is 3. The molecule has 0 bridgehead atoms. The second kappa shape index (κ2) is 5.27. The van der Waals surface area contributed by atoms with E-state index in [0.717, 1.165) is 36.1 Å². The number of aromatic nitrogens is 2. The van der Waals surface area contributed by atoms with Crippen molar-refractivity contribution in [2.24, 2.45) is 13.0 Å². The van der Waals surface area contributed by atoms with Gasteiger partial charge in [0.05, 0.1) is 23.8 Å². The molecule has 1 saturated heterocycles. The number of carbonyl (C=O) groups excluding carboxylic acids is 1. The molecule has 2 aromatic rings. The summed E-state index contributed by atoms with van der Waals surface area (Å²) in [5.41, 5.74) is 3.12. The van der Waals surface area contributed by atoms with Gasteiger partial charge in [-0.15, -0.1) is 0 Å². The van der Waals surface area contributed by atoms with Crippen LogP contribution in [0.3, 0.4) is 0 Å². The number of imidazole rings is 1. The van der Waals surface area contributed by atoms with Crippen LogP contribution in [0.25, 0.3) is 11.0 Å². The zero-order valence-corrected chi connectivity index (χ0v) is 12.2. The second-order valence-electron chi connectivity index (χ2n) is 5.94. The topological polar surface area (TPSA) is 38.1 Å². The van der Waals surface area contributed by atoms with Gasteiger partial charge in [-0.05, 0) is 36.5 Å². The van der Waals surface area contributed by atoms with Crippen LogP contribution in [0.4, 0.5) is 0 Å². The minimum absolute atomic E-state index is 0.242. The quantitative estimate of drug-likeness (QED) is 0.841. The van der Waals surface area contributed by atoms with Gasteiger partial charge in [0.1, 0.15) is 0 Å². The van der Waals surface area contributed by atoms with Crippen molar-refractivity contribution in [3.8, 4) is 0 Å². The fourth-order valence-corrected chi connectivity index (χ4v) is 2.99. The first-order valence-corrected chi connectivity index (χ1v) is 7.31. The van der Waals surface area contributed by atoms with E-state index in [1.54, 1.807) is 0 Å². The highest BCUT2D eigenvalue weighted by molar-refractivity contribution is 5.82. The van der Waals surface area contributed by atoms with E-state index in [-0.39, 0.29) is 5.91 Å². The summed E-state index contributed by atoms with van der Waals surface area (Å²) in [5.74, 6) is 0.873. The van der Waals surface area contributed by atoms with Crippen molar-refractivity contribution in [2.75, 3.05) is 13.1 Å². The van der Waals surface area contributed by atoms with E-state index in [1.807, 2.05) is 41.0 Å². The summed E-state index contributed by atoms with van der Waals surface area (Å²) < 4.78 is 1.99. The van der Waals surface area contributed by atoms with Crippen LogP contribution >= 0.6 is 0 Å². The lowest BCUT2D eigenvalue weighted by atomic mass is 9.99. The second-order valence-corrected chi connectivity index (χ2v) is 5.94. The van der Waals surface area contributed by atoms with Crippen LogP contribution in [-0.4, -0.2) is 33.4 Å². The highest BCUT2D eigenvalue weighted by Crippen LogP contribution is 2.18. The van der Waals surface area contributed by atoms with Crippen LogP contribution in [0, 0.1) is 5.92 Å². The predicted octanol–water partition coefficient (Wildman–Crippen LogP) is 2.37. The third-order valence-electron chi connectivity index (χ3n) is 4.15. The molecule has 0 N–H and O–H groups in total. The summed E-state index contributed by atoms with van der Waals surface area (Å²) in [7, 11) is 1.98. The molecule has 0 radical (unpaired) electrons. The summed E-state index contributed by atoms with van der Waals surface area (Å²) in [4.78, 5) is 18.7. The van der Waals surface area contributed by atoms with Crippen LogP contribution in [0.5, 0.6) is 0 Å². The van der Waals surface area contributed by atoms with Gasteiger partial charge >= 0.3 is 0 Å². The van der Waals surface area contributed by atoms with Crippen LogP contribution in [0.2, 0.25) is 0 Å². The molecule has 2 heterocycles. The highest BCUT2D eigenvalue weighted by Gasteiger charge is 2.20. The third kappa shape index (κ3) is 2.55. The molecule has 1 aromatic carbocycles. The van der Waals surface area contributed by atoms with Gasteiger partial charge in [-0.2, -0.15) is 0 Å². The standard InChI is InChI=1S/C16H21N3O/c1-12-4-3-7-19(10-12)16(20)9-13-5-6-15-14(8-13)17-11-18(15)2/h5-6,8,11-12H,3-4,7,9-10H2,1-2H3. The maximum atomic E-state index is 12.4. The fourth-order valence-electron chi connectivity index (χ4n) is 2.99. The lowest BCUT2D eigenvalue weighted by Crippen LogP contribution is -2.39. The van der Waals surface area contributed by atoms with Crippen molar-refractivity contribution < 1.29 is 4.79 Å². The number of amides is 1. The molecule has 106 valence electrons. The molecule has 1 atom stereocenters. The van der Waals surface area contributed by atoms with E-state index >= 15 is 0 Å². The number of fused-ring (bicyclic) bond motifs is 1. The summed E-state index contributed by atoms with van der Waals surface area (Å²) in [6.45, 7) is 4.04. The molecule has 20 heavy (non-hydrogen) atoms. The van der Waals surface area contributed by atoms with Gasteiger partial charge in [0.2, 0.25) is 5.91 Å². The van der Waals surface area contributed by atoms with Crippen LogP contribution < -0.4 is 0 Å². The zero-order chi connectivity index (χ0) is 14.1. The van der Waals surface area contributed by atoms with E-state index in [9.17, 15) is 4.79 Å². The maximum absolute atomic E-state index is 12.4. The Kier molecular flexibility index (Phi) is 3.47. The van der Waals surface area contributed by atoms with E-state index in [2.05, 4.69) is 11.9 Å². The number of rotatable bonds is 2. The molecule has 4 nitrogen and oxygen atoms in total. The van der Waals surface area contributed by atoms with E-state index < -0.39 is 0 Å². The van der Waals surface area contributed by atoms with Crippen molar-refractivity contribution in [3.05, 3.63) is 30.1 Å². The van der Waals surface area contributed by atoms with Gasteiger partial charge in [0.15, 0.2) is 0 Å². The zero-order valence-electron chi connectivity index (χ0n) is 12.2. The van der Waals surface area contributed by atoms with E-state index in [0.29, 0.717) is 12.3 Å². The molecule has 0 saturated carbocycles. The SMILES string of the molecule is CC1CCCN(C(=O)Cc2ccc3c(c2)ncn3C)C1. The number of aryl methyl sites for hydroxylation is 1. The van der Waals surface area contributed by atoms with Gasteiger partial charge in [0.25, 0.3) is 0 Å². The fraction of sp³-hybridized carbons (Fsp3) is 0.500. The Morgan fingerprint density at radius 2 is 2.30 bits per heavy atom. The Morgan fingerprint density at radius 3 is 3.10 bits per heavy atom. The number of piperidine rings is 1. The Bertz CT molecular complexity index is 632. The minimum Gasteiger partial charge on any atom is -0.342 e. The van der Waals surface area contributed by atoms with Crippen LogP contribution in [0.1, 0.15) is 25.3 Å². The van der Waals surface area contributed by atoms with Crippen molar-refractivity contribution in [1.82, 2.24) is 14.5 Å². The number of benzene rings is 1. The maximum Gasteiger partial charge on any atom is 0.226 e. The molecule has 3 rings (SSSR count). The molecule has 0 aliphatic carbocycles. The molecule has 1 amide bonds. The number of hydrogen-bond acceptors (Lipinski definition) is 2. The first-order chi connectivity index (χ1) is 9.63. The molecule has 1 aliphatic heterocycles. The summed E-state index contributed by atoms with van der Waals surface area (Å²) >= 11 is 0. The molecule has 0 spiro atoms. The van der Waals surface area contributed by atoms with Crippen molar-refractivity contribution >= 4 is 16.9 Å². The molecule has 1 unspecified atom stereocenters. The van der Waals surface area contributed by atoms with Gasteiger partial charge in [0, 0.05) is 20.1 Å². The first kappa shape index (κ1) is 13.2. The molecule has 1 fully saturated rings. The lowest BCUT2D eigenvalue weighted by Gasteiger charge is -2.31. The highest BCUT2D eigenvalue weighted by atomic mass is 16.2. The normalized spacial score (nSPS) is 19.5. The van der Waals surface area contributed by atoms with Crippen molar-refractivity contribution in [2.45, 2.75) is 26.2 Å². The Morgan fingerprint density at radius 1 is 1.45 bits per heavy atom. The summed E-state index contributed by atoms with van der Waals surface area (Å²) in [6.07, 6.45) is 4.66. The number of likely N-dealkylation sites (tertiary alicyclic amines) is 1. The van der Waals surface area contributed by atoms with E-state index in [4.69, 9.17) is 0 Å². The van der Waals surface area contributed by atoms with Crippen molar-refractivity contribution in [1.29, 1.82) is 0 Å². The van der Waals surface area contributed by atoms with Gasteiger partial charge in [-0.3, -0.25) is 4.79 Å². The molecule has 4 heteroatoms. The largest absolute Gasteiger partial charge is 0.342 e. The lowest BCUT2D eigenvalue weighted by molar-refractivity contribution is -0.132. The molecular weight excluding hydrogens is 250 g/mol. The van der Waals surface area contributed by atoms with Crippen LogP contribution in [-0.2, 0) is 18.3 Å². The molecular formula is C16H21N3O. The van der Waals surface area contributed by atoms with Gasteiger partial charge < -0.3 is 9.47 Å². The first-order valence-electron chi connectivity index (χ1n) is 7.31. The van der Waals surface area contributed by atoms with Gasteiger partial charge in [-0.1, -0.05) is 13.0 Å². The van der Waals surface area contributed by atoms with E-state index in [1.165, 1.54) is 6.42 Å². The average Bonchev–Trinajstić information content (AvgIpc) is 2.80. The third-order valence-corrected chi connectivity index (χ3v) is 4.15. The minimum atomic E-state index is 0.242. The number of carbonyl (C=O) groups is 1. The van der Waals surface area contributed by atoms with Gasteiger partial charge in [-0.25, -0.2) is 4.98 Å². The Balaban J connectivity index is 1.73. The summed E-state index contributed by atoms with van der Waals surface area (Å²) in [6, 6.07) is 6.11. The molecule has 1 aromatic heterocycles. The van der Waals surface area contributed by atoms with Crippen LogP contribution in [0.15, 0.2) is 24.5 Å². The predicted molar refractivity (Wildman–Crippen MR) is 79.4 cm³/mol. The van der Waals surface area contributed by atoms with Crippen molar-refractivity contribution in [3.63, 3.8) is 0 Å². The Labute approximate surface area is 119 Å². The number of hydrogen-bond donors (Lipinski definition) is 0. The monoisotopic (exact) mass is 271 g/mol. The Hall–Kier alpha value is -1.84. The average molecular weight is 271 g/mol. The summed E-state index contributed by atoms with van der Waals surface area (Å²) in [5, 5.41) is 0. The smallest absolute Gasteiger partial charge is 0.226 e.